The Morgan fingerprint density at radius 2 is 2.45 bits per heavy atom. The highest BCUT2D eigenvalue weighted by Crippen LogP contribution is 2.19. The molecular weight excluding hydrogens is 176 g/mol. The van der Waals surface area contributed by atoms with Crippen LogP contribution in [0.4, 0.5) is 0 Å². The van der Waals surface area contributed by atoms with E-state index in [1.807, 2.05) is 6.92 Å². The Hall–Kier alpha value is -0.270. The molecule has 0 radical (unpaired) electrons. The van der Waals surface area contributed by atoms with Gasteiger partial charge in [0.05, 0.1) is 0 Å². The Bertz CT molecular complexity index is 260. The first-order valence-electron chi connectivity index (χ1n) is 3.51. The van der Waals surface area contributed by atoms with E-state index in [1.54, 1.807) is 11.3 Å². The molecular formula is C9H11ClS. The van der Waals surface area contributed by atoms with Gasteiger partial charge in [0, 0.05) is 10.8 Å². The molecule has 0 saturated heterocycles. The molecule has 1 aromatic heterocycles. The lowest BCUT2D eigenvalue weighted by Gasteiger charge is -1.93. The van der Waals surface area contributed by atoms with Crippen molar-refractivity contribution in [3.8, 4) is 0 Å². The minimum absolute atomic E-state index is 0.622. The van der Waals surface area contributed by atoms with Gasteiger partial charge in [-0.3, -0.25) is 0 Å². The summed E-state index contributed by atoms with van der Waals surface area (Å²) >= 11 is 7.42. The number of halogens is 1. The van der Waals surface area contributed by atoms with E-state index in [4.69, 9.17) is 11.6 Å². The van der Waals surface area contributed by atoms with Crippen LogP contribution < -0.4 is 0 Å². The molecule has 0 atom stereocenters. The monoisotopic (exact) mass is 186 g/mol. The van der Waals surface area contributed by atoms with E-state index in [9.17, 15) is 0 Å². The third-order valence-corrected chi connectivity index (χ3v) is 2.88. The van der Waals surface area contributed by atoms with Crippen LogP contribution in [0.5, 0.6) is 0 Å². The standard InChI is InChI=1S/C9H11ClS/c1-7(6-10)5-9-8(2)3-4-11-9/h3-5H,6H2,1-2H3. The molecule has 0 bridgehead atoms. The fraction of sp³-hybridized carbons (Fsp3) is 0.333. The molecule has 1 aromatic rings. The van der Waals surface area contributed by atoms with Gasteiger partial charge in [-0.2, -0.15) is 0 Å². The zero-order chi connectivity index (χ0) is 8.27. The smallest absolute Gasteiger partial charge is 0.0434 e. The van der Waals surface area contributed by atoms with Crippen molar-refractivity contribution in [2.45, 2.75) is 13.8 Å². The average Bonchev–Trinajstić information content (AvgIpc) is 2.37. The van der Waals surface area contributed by atoms with Gasteiger partial charge in [0.1, 0.15) is 0 Å². The number of hydrogen-bond acceptors (Lipinski definition) is 1. The molecule has 60 valence electrons. The van der Waals surface area contributed by atoms with Crippen molar-refractivity contribution < 1.29 is 0 Å². The van der Waals surface area contributed by atoms with E-state index < -0.39 is 0 Å². The second-order valence-corrected chi connectivity index (χ2v) is 3.81. The molecule has 0 aliphatic rings. The number of thiophene rings is 1. The lowest BCUT2D eigenvalue weighted by atomic mass is 10.2. The van der Waals surface area contributed by atoms with Gasteiger partial charge in [-0.15, -0.1) is 22.9 Å². The molecule has 0 saturated carbocycles. The van der Waals surface area contributed by atoms with Crippen molar-refractivity contribution in [2.24, 2.45) is 0 Å². The Labute approximate surface area is 76.5 Å². The van der Waals surface area contributed by atoms with Gasteiger partial charge in [0.15, 0.2) is 0 Å². The van der Waals surface area contributed by atoms with Crippen molar-refractivity contribution in [1.29, 1.82) is 0 Å². The predicted octanol–water partition coefficient (Wildman–Crippen LogP) is 3.70. The highest BCUT2D eigenvalue weighted by molar-refractivity contribution is 7.11. The first kappa shape index (κ1) is 8.82. The van der Waals surface area contributed by atoms with Gasteiger partial charge in [-0.1, -0.05) is 5.57 Å². The minimum atomic E-state index is 0.622. The molecule has 0 amide bonds. The Morgan fingerprint density at radius 1 is 1.73 bits per heavy atom. The molecule has 11 heavy (non-hydrogen) atoms. The molecule has 2 heteroatoms. The number of hydrogen-bond donors (Lipinski definition) is 0. The van der Waals surface area contributed by atoms with Crippen LogP contribution in [0.15, 0.2) is 17.0 Å². The van der Waals surface area contributed by atoms with E-state index in [0.29, 0.717) is 5.88 Å². The maximum absolute atomic E-state index is 5.66. The van der Waals surface area contributed by atoms with Crippen LogP contribution in [-0.4, -0.2) is 5.88 Å². The van der Waals surface area contributed by atoms with Crippen molar-refractivity contribution >= 4 is 29.0 Å². The molecule has 0 N–H and O–H groups in total. The molecule has 1 heterocycles. The molecule has 0 nitrogen and oxygen atoms in total. The number of alkyl halides is 1. The largest absolute Gasteiger partial charge is 0.144 e. The summed E-state index contributed by atoms with van der Waals surface area (Å²) in [6.45, 7) is 4.16. The van der Waals surface area contributed by atoms with Crippen LogP contribution in [0.3, 0.4) is 0 Å². The van der Waals surface area contributed by atoms with E-state index >= 15 is 0 Å². The topological polar surface area (TPSA) is 0 Å². The summed E-state index contributed by atoms with van der Waals surface area (Å²) in [5.74, 6) is 0.622. The van der Waals surface area contributed by atoms with Crippen molar-refractivity contribution in [2.75, 3.05) is 5.88 Å². The Balaban J connectivity index is 2.86. The normalized spacial score (nSPS) is 12.1. The summed E-state index contributed by atoms with van der Waals surface area (Å²) in [5.41, 5.74) is 2.55. The summed E-state index contributed by atoms with van der Waals surface area (Å²) in [4.78, 5) is 1.32. The van der Waals surface area contributed by atoms with Crippen molar-refractivity contribution in [3.05, 3.63) is 27.5 Å². The van der Waals surface area contributed by atoms with Gasteiger partial charge in [0.25, 0.3) is 0 Å². The number of rotatable bonds is 2. The molecule has 0 aromatic carbocycles. The van der Waals surface area contributed by atoms with Crippen molar-refractivity contribution in [3.63, 3.8) is 0 Å². The summed E-state index contributed by atoms with van der Waals surface area (Å²) in [6, 6.07) is 2.12. The quantitative estimate of drug-likeness (QED) is 0.618. The maximum Gasteiger partial charge on any atom is 0.0434 e. The van der Waals surface area contributed by atoms with Gasteiger partial charge >= 0.3 is 0 Å². The highest BCUT2D eigenvalue weighted by atomic mass is 35.5. The third-order valence-electron chi connectivity index (χ3n) is 1.49. The summed E-state index contributed by atoms with van der Waals surface area (Å²) in [6.07, 6.45) is 2.15. The lowest BCUT2D eigenvalue weighted by molar-refractivity contribution is 1.42. The van der Waals surface area contributed by atoms with Crippen LogP contribution in [0.1, 0.15) is 17.4 Å². The van der Waals surface area contributed by atoms with Gasteiger partial charge in [0.2, 0.25) is 0 Å². The van der Waals surface area contributed by atoms with Crippen molar-refractivity contribution in [1.82, 2.24) is 0 Å². The first-order valence-corrected chi connectivity index (χ1v) is 4.92. The first-order chi connectivity index (χ1) is 5.24. The molecule has 0 aliphatic heterocycles. The van der Waals surface area contributed by atoms with Gasteiger partial charge in [-0.25, -0.2) is 0 Å². The van der Waals surface area contributed by atoms with Gasteiger partial charge < -0.3 is 0 Å². The molecule has 0 fully saturated rings. The lowest BCUT2D eigenvalue weighted by Crippen LogP contribution is -1.76. The number of allylic oxidation sites excluding steroid dienone is 1. The predicted molar refractivity (Wildman–Crippen MR) is 53.4 cm³/mol. The van der Waals surface area contributed by atoms with Crippen LogP contribution in [0, 0.1) is 6.92 Å². The maximum atomic E-state index is 5.66. The number of aryl methyl sites for hydroxylation is 1. The SMILES string of the molecule is CC(=Cc1sccc1C)CCl. The molecule has 0 spiro atoms. The zero-order valence-electron chi connectivity index (χ0n) is 6.73. The second-order valence-electron chi connectivity index (χ2n) is 2.59. The van der Waals surface area contributed by atoms with Crippen LogP contribution in [-0.2, 0) is 0 Å². The average molecular weight is 187 g/mol. The third kappa shape index (κ3) is 2.35. The second kappa shape index (κ2) is 3.93. The Kier molecular flexibility index (Phi) is 3.16. The van der Waals surface area contributed by atoms with Gasteiger partial charge in [-0.05, 0) is 36.9 Å². The van der Waals surface area contributed by atoms with Crippen LogP contribution in [0.25, 0.3) is 6.08 Å². The Morgan fingerprint density at radius 3 is 2.91 bits per heavy atom. The van der Waals surface area contributed by atoms with E-state index in [1.165, 1.54) is 16.0 Å². The fourth-order valence-corrected chi connectivity index (χ4v) is 1.81. The molecule has 0 aliphatic carbocycles. The summed E-state index contributed by atoms with van der Waals surface area (Å²) in [7, 11) is 0. The molecule has 0 unspecified atom stereocenters. The summed E-state index contributed by atoms with van der Waals surface area (Å²) < 4.78 is 0. The zero-order valence-corrected chi connectivity index (χ0v) is 8.30. The minimum Gasteiger partial charge on any atom is -0.144 e. The molecule has 1 rings (SSSR count). The van der Waals surface area contributed by atoms with Crippen LogP contribution in [0.2, 0.25) is 0 Å². The summed E-state index contributed by atoms with van der Waals surface area (Å²) in [5, 5.41) is 2.10. The van der Waals surface area contributed by atoms with E-state index in [-0.39, 0.29) is 0 Å². The van der Waals surface area contributed by atoms with Crippen LogP contribution >= 0.6 is 22.9 Å². The highest BCUT2D eigenvalue weighted by Gasteiger charge is 1.95. The fourth-order valence-electron chi connectivity index (χ4n) is 0.795. The van der Waals surface area contributed by atoms with E-state index in [2.05, 4.69) is 24.4 Å². The van der Waals surface area contributed by atoms with E-state index in [0.717, 1.165) is 0 Å².